The fraction of sp³-hybridized carbons (Fsp3) is 0.800. The summed E-state index contributed by atoms with van der Waals surface area (Å²) >= 11 is 1.85. The van der Waals surface area contributed by atoms with Gasteiger partial charge >= 0.3 is 0 Å². The summed E-state index contributed by atoms with van der Waals surface area (Å²) in [4.78, 5) is 13.7. The lowest BCUT2D eigenvalue weighted by atomic mass is 10.1. The molecule has 0 radical (unpaired) electrons. The standard InChI is InChI=1S/C10H16N2OS/c1-2-12(6-3-5-11)10(13)9-4-7-14-8-9/h9H,2-4,6-8H2,1H3. The van der Waals surface area contributed by atoms with Crippen molar-refractivity contribution >= 4 is 17.7 Å². The van der Waals surface area contributed by atoms with Crippen LogP contribution < -0.4 is 0 Å². The molecule has 14 heavy (non-hydrogen) atoms. The SMILES string of the molecule is CCN(CCC#N)C(=O)C1CCSC1. The number of nitriles is 1. The Bertz CT molecular complexity index is 231. The molecule has 0 aromatic rings. The molecule has 0 spiro atoms. The maximum atomic E-state index is 11.9. The number of thioether (sulfide) groups is 1. The van der Waals surface area contributed by atoms with Gasteiger partial charge in [0.05, 0.1) is 12.5 Å². The fourth-order valence-electron chi connectivity index (χ4n) is 1.60. The summed E-state index contributed by atoms with van der Waals surface area (Å²) in [5.41, 5.74) is 0. The van der Waals surface area contributed by atoms with Crippen molar-refractivity contribution in [1.82, 2.24) is 4.90 Å². The van der Waals surface area contributed by atoms with Gasteiger partial charge in [0.1, 0.15) is 0 Å². The minimum Gasteiger partial charge on any atom is -0.342 e. The molecule has 0 bridgehead atoms. The van der Waals surface area contributed by atoms with E-state index >= 15 is 0 Å². The second-order valence-electron chi connectivity index (χ2n) is 3.39. The summed E-state index contributed by atoms with van der Waals surface area (Å²) in [6.07, 6.45) is 1.45. The third-order valence-electron chi connectivity index (χ3n) is 2.47. The number of hydrogen-bond donors (Lipinski definition) is 0. The Balaban J connectivity index is 2.42. The van der Waals surface area contributed by atoms with Crippen LogP contribution in [-0.2, 0) is 4.79 Å². The van der Waals surface area contributed by atoms with Gasteiger partial charge in [-0.05, 0) is 19.1 Å². The molecule has 0 N–H and O–H groups in total. The van der Waals surface area contributed by atoms with Crippen LogP contribution in [0.1, 0.15) is 19.8 Å². The third kappa shape index (κ3) is 2.91. The van der Waals surface area contributed by atoms with E-state index in [1.807, 2.05) is 18.7 Å². The summed E-state index contributed by atoms with van der Waals surface area (Å²) in [5.74, 6) is 2.51. The minimum atomic E-state index is 0.207. The predicted octanol–water partition coefficient (Wildman–Crippen LogP) is 1.50. The quantitative estimate of drug-likeness (QED) is 0.709. The van der Waals surface area contributed by atoms with Crippen molar-refractivity contribution in [1.29, 1.82) is 5.26 Å². The lowest BCUT2D eigenvalue weighted by Gasteiger charge is -2.22. The Morgan fingerprint density at radius 1 is 1.71 bits per heavy atom. The zero-order valence-electron chi connectivity index (χ0n) is 8.53. The molecule has 4 heteroatoms. The normalized spacial score (nSPS) is 20.4. The van der Waals surface area contributed by atoms with Gasteiger partial charge in [-0.15, -0.1) is 0 Å². The molecule has 1 aliphatic heterocycles. The van der Waals surface area contributed by atoms with Crippen molar-refractivity contribution in [3.05, 3.63) is 0 Å². The van der Waals surface area contributed by atoms with E-state index in [9.17, 15) is 4.79 Å². The maximum absolute atomic E-state index is 11.9. The van der Waals surface area contributed by atoms with Gasteiger partial charge in [0, 0.05) is 24.8 Å². The topological polar surface area (TPSA) is 44.1 Å². The summed E-state index contributed by atoms with van der Waals surface area (Å²) in [5, 5.41) is 8.47. The van der Waals surface area contributed by atoms with Crippen molar-refractivity contribution in [3.8, 4) is 6.07 Å². The van der Waals surface area contributed by atoms with Crippen LogP contribution in [-0.4, -0.2) is 35.4 Å². The van der Waals surface area contributed by atoms with Gasteiger partial charge in [0.15, 0.2) is 0 Å². The zero-order valence-corrected chi connectivity index (χ0v) is 9.35. The molecule has 0 aromatic carbocycles. The van der Waals surface area contributed by atoms with Crippen LogP contribution >= 0.6 is 11.8 Å². The highest BCUT2D eigenvalue weighted by Gasteiger charge is 2.26. The van der Waals surface area contributed by atoms with Crippen LogP contribution in [0.25, 0.3) is 0 Å². The molecule has 3 nitrogen and oxygen atoms in total. The van der Waals surface area contributed by atoms with E-state index in [-0.39, 0.29) is 11.8 Å². The number of carbonyl (C=O) groups excluding carboxylic acids is 1. The molecule has 78 valence electrons. The van der Waals surface area contributed by atoms with Crippen LogP contribution in [0.3, 0.4) is 0 Å². The van der Waals surface area contributed by atoms with Gasteiger partial charge in [-0.25, -0.2) is 0 Å². The van der Waals surface area contributed by atoms with E-state index in [4.69, 9.17) is 5.26 Å². The van der Waals surface area contributed by atoms with Gasteiger partial charge in [0.2, 0.25) is 5.91 Å². The Labute approximate surface area is 89.5 Å². The highest BCUT2D eigenvalue weighted by atomic mass is 32.2. The predicted molar refractivity (Wildman–Crippen MR) is 57.9 cm³/mol. The number of hydrogen-bond acceptors (Lipinski definition) is 3. The molecular weight excluding hydrogens is 196 g/mol. The molecular formula is C10H16N2OS. The van der Waals surface area contributed by atoms with Crippen molar-refractivity contribution in [2.75, 3.05) is 24.6 Å². The Kier molecular flexibility index (Phi) is 4.81. The van der Waals surface area contributed by atoms with Gasteiger partial charge in [-0.3, -0.25) is 4.79 Å². The first-order valence-corrected chi connectivity index (χ1v) is 6.18. The minimum absolute atomic E-state index is 0.207. The van der Waals surface area contributed by atoms with Crippen LogP contribution in [0.5, 0.6) is 0 Å². The zero-order chi connectivity index (χ0) is 10.4. The number of rotatable bonds is 4. The van der Waals surface area contributed by atoms with Crippen molar-refractivity contribution in [2.24, 2.45) is 5.92 Å². The van der Waals surface area contributed by atoms with E-state index in [1.54, 1.807) is 4.90 Å². The smallest absolute Gasteiger partial charge is 0.226 e. The fourth-order valence-corrected chi connectivity index (χ4v) is 2.81. The monoisotopic (exact) mass is 212 g/mol. The summed E-state index contributed by atoms with van der Waals surface area (Å²) in [7, 11) is 0. The summed E-state index contributed by atoms with van der Waals surface area (Å²) in [6.45, 7) is 3.28. The highest BCUT2D eigenvalue weighted by Crippen LogP contribution is 2.25. The summed E-state index contributed by atoms with van der Waals surface area (Å²) < 4.78 is 0. The number of amides is 1. The Morgan fingerprint density at radius 3 is 3.00 bits per heavy atom. The lowest BCUT2D eigenvalue weighted by molar-refractivity contribution is -0.134. The first kappa shape index (κ1) is 11.4. The second-order valence-corrected chi connectivity index (χ2v) is 4.54. The van der Waals surface area contributed by atoms with Gasteiger partial charge < -0.3 is 4.90 Å². The molecule has 1 aliphatic rings. The molecule has 1 atom stereocenters. The highest BCUT2D eigenvalue weighted by molar-refractivity contribution is 7.99. The van der Waals surface area contributed by atoms with E-state index in [2.05, 4.69) is 6.07 Å². The van der Waals surface area contributed by atoms with Gasteiger partial charge in [-0.2, -0.15) is 17.0 Å². The number of nitrogens with zero attached hydrogens (tertiary/aromatic N) is 2. The average molecular weight is 212 g/mol. The first-order valence-electron chi connectivity index (χ1n) is 5.03. The first-order chi connectivity index (χ1) is 6.79. The number of carbonyl (C=O) groups is 1. The molecule has 1 unspecified atom stereocenters. The third-order valence-corrected chi connectivity index (χ3v) is 3.63. The Hall–Kier alpha value is -0.690. The van der Waals surface area contributed by atoms with Crippen molar-refractivity contribution in [3.63, 3.8) is 0 Å². The molecule has 1 rings (SSSR count). The molecule has 0 saturated carbocycles. The van der Waals surface area contributed by atoms with E-state index < -0.39 is 0 Å². The molecule has 0 aliphatic carbocycles. The van der Waals surface area contributed by atoms with Crippen LogP contribution in [0.4, 0.5) is 0 Å². The average Bonchev–Trinajstić information content (AvgIpc) is 2.71. The lowest BCUT2D eigenvalue weighted by Crippen LogP contribution is -2.36. The molecule has 1 amide bonds. The summed E-state index contributed by atoms with van der Waals surface area (Å²) in [6, 6.07) is 2.08. The van der Waals surface area contributed by atoms with E-state index in [0.29, 0.717) is 13.0 Å². The van der Waals surface area contributed by atoms with Gasteiger partial charge in [0.25, 0.3) is 0 Å². The van der Waals surface area contributed by atoms with Crippen molar-refractivity contribution < 1.29 is 4.79 Å². The van der Waals surface area contributed by atoms with Crippen LogP contribution in [0.2, 0.25) is 0 Å². The van der Waals surface area contributed by atoms with E-state index in [0.717, 1.165) is 24.5 Å². The largest absolute Gasteiger partial charge is 0.342 e. The van der Waals surface area contributed by atoms with E-state index in [1.165, 1.54) is 0 Å². The van der Waals surface area contributed by atoms with Crippen molar-refractivity contribution in [2.45, 2.75) is 19.8 Å². The molecule has 0 aromatic heterocycles. The van der Waals surface area contributed by atoms with Gasteiger partial charge in [-0.1, -0.05) is 0 Å². The van der Waals surface area contributed by atoms with Crippen LogP contribution in [0.15, 0.2) is 0 Å². The van der Waals surface area contributed by atoms with Crippen LogP contribution in [0, 0.1) is 17.2 Å². The Morgan fingerprint density at radius 2 is 2.50 bits per heavy atom. The molecule has 1 saturated heterocycles. The second kappa shape index (κ2) is 5.92. The maximum Gasteiger partial charge on any atom is 0.226 e. The molecule has 1 heterocycles. The molecule has 1 fully saturated rings.